The first-order chi connectivity index (χ1) is 12.7. The van der Waals surface area contributed by atoms with Gasteiger partial charge in [-0.3, -0.25) is 9.20 Å². The molecule has 0 fully saturated rings. The van der Waals surface area contributed by atoms with E-state index in [1.54, 1.807) is 19.4 Å². The van der Waals surface area contributed by atoms with Crippen LogP contribution in [0.2, 0.25) is 0 Å². The number of pyridine rings is 1. The highest BCUT2D eigenvalue weighted by molar-refractivity contribution is 7.15. The molecule has 0 aliphatic rings. The van der Waals surface area contributed by atoms with Crippen LogP contribution in [-0.2, 0) is 11.2 Å². The molecule has 0 atom stereocenters. The fraction of sp³-hybridized carbons (Fsp3) is 0.105. The van der Waals surface area contributed by atoms with Crippen LogP contribution in [0.5, 0.6) is 5.75 Å². The van der Waals surface area contributed by atoms with Crippen molar-refractivity contribution in [2.24, 2.45) is 0 Å². The smallest absolute Gasteiger partial charge is 0.231 e. The summed E-state index contributed by atoms with van der Waals surface area (Å²) in [6.07, 6.45) is 3.86. The molecule has 1 N–H and O–H groups in total. The van der Waals surface area contributed by atoms with Gasteiger partial charge in [0.15, 0.2) is 4.96 Å². The minimum atomic E-state index is -0.108. The predicted molar refractivity (Wildman–Crippen MR) is 102 cm³/mol. The number of ether oxygens (including phenoxy) is 1. The number of anilines is 1. The quantitative estimate of drug-likeness (QED) is 0.587. The molecule has 0 aliphatic heterocycles. The molecule has 0 aliphatic carbocycles. The molecule has 1 amide bonds. The van der Waals surface area contributed by atoms with E-state index < -0.39 is 0 Å². The molecule has 0 saturated heterocycles. The highest BCUT2D eigenvalue weighted by Crippen LogP contribution is 2.25. The Balaban J connectivity index is 1.55. The fourth-order valence-corrected chi connectivity index (χ4v) is 3.52. The Morgan fingerprint density at radius 1 is 1.23 bits per heavy atom. The minimum absolute atomic E-state index is 0.108. The van der Waals surface area contributed by atoms with Crippen molar-refractivity contribution in [3.8, 4) is 17.0 Å². The molecular formula is C19H16N4O2S. The molecule has 3 aromatic heterocycles. The summed E-state index contributed by atoms with van der Waals surface area (Å²) in [5, 5.41) is 4.76. The Bertz CT molecular complexity index is 1040. The summed E-state index contributed by atoms with van der Waals surface area (Å²) < 4.78 is 7.15. The van der Waals surface area contributed by atoms with E-state index in [1.807, 2.05) is 52.4 Å². The molecule has 0 radical (unpaired) electrons. The third-order valence-electron chi connectivity index (χ3n) is 3.94. The zero-order valence-corrected chi connectivity index (χ0v) is 14.9. The zero-order chi connectivity index (χ0) is 17.9. The Kier molecular flexibility index (Phi) is 4.37. The van der Waals surface area contributed by atoms with Crippen molar-refractivity contribution >= 4 is 28.0 Å². The maximum Gasteiger partial charge on any atom is 0.231 e. The molecule has 0 spiro atoms. The molecule has 0 saturated carbocycles. The van der Waals surface area contributed by atoms with Crippen molar-refractivity contribution in [1.29, 1.82) is 0 Å². The van der Waals surface area contributed by atoms with Crippen molar-refractivity contribution in [3.63, 3.8) is 0 Å². The second-order valence-corrected chi connectivity index (χ2v) is 6.51. The van der Waals surface area contributed by atoms with Gasteiger partial charge in [-0.2, -0.15) is 0 Å². The lowest BCUT2D eigenvalue weighted by atomic mass is 10.2. The van der Waals surface area contributed by atoms with Crippen LogP contribution in [0, 0.1) is 0 Å². The normalized spacial score (nSPS) is 10.8. The molecule has 0 unspecified atom stereocenters. The third kappa shape index (κ3) is 3.29. The number of rotatable bonds is 5. The number of carbonyl (C=O) groups is 1. The van der Waals surface area contributed by atoms with Crippen molar-refractivity contribution in [2.45, 2.75) is 6.42 Å². The van der Waals surface area contributed by atoms with Gasteiger partial charge in [0.05, 0.1) is 19.2 Å². The maximum absolute atomic E-state index is 12.3. The van der Waals surface area contributed by atoms with Gasteiger partial charge in [0.25, 0.3) is 0 Å². The molecule has 26 heavy (non-hydrogen) atoms. The van der Waals surface area contributed by atoms with E-state index in [2.05, 4.69) is 15.3 Å². The predicted octanol–water partition coefficient (Wildman–Crippen LogP) is 3.65. The molecule has 7 heteroatoms. The van der Waals surface area contributed by atoms with Gasteiger partial charge in [-0.25, -0.2) is 9.97 Å². The first kappa shape index (κ1) is 16.3. The number of nitrogens with zero attached hydrogens (tertiary/aromatic N) is 3. The number of carbonyl (C=O) groups excluding carboxylic acids is 1. The van der Waals surface area contributed by atoms with Gasteiger partial charge in [0, 0.05) is 29.0 Å². The molecule has 4 rings (SSSR count). The van der Waals surface area contributed by atoms with Crippen LogP contribution < -0.4 is 10.1 Å². The van der Waals surface area contributed by atoms with Crippen molar-refractivity contribution < 1.29 is 9.53 Å². The fourth-order valence-electron chi connectivity index (χ4n) is 2.65. The van der Waals surface area contributed by atoms with Gasteiger partial charge < -0.3 is 10.1 Å². The van der Waals surface area contributed by atoms with Crippen LogP contribution in [0.25, 0.3) is 16.2 Å². The number of hydrogen-bond donors (Lipinski definition) is 1. The molecule has 0 bridgehead atoms. The number of methoxy groups -OCH3 is 1. The van der Waals surface area contributed by atoms with Gasteiger partial charge in [-0.1, -0.05) is 6.07 Å². The number of amides is 1. The van der Waals surface area contributed by atoms with Crippen molar-refractivity contribution in [2.75, 3.05) is 12.4 Å². The lowest BCUT2D eigenvalue weighted by Crippen LogP contribution is -2.15. The number of benzene rings is 1. The Morgan fingerprint density at radius 2 is 2.08 bits per heavy atom. The van der Waals surface area contributed by atoms with Gasteiger partial charge >= 0.3 is 0 Å². The van der Waals surface area contributed by atoms with Crippen molar-refractivity contribution in [3.05, 3.63) is 65.9 Å². The average Bonchev–Trinajstić information content (AvgIpc) is 3.25. The highest BCUT2D eigenvalue weighted by atomic mass is 32.1. The van der Waals surface area contributed by atoms with E-state index >= 15 is 0 Å². The second kappa shape index (κ2) is 6.97. The van der Waals surface area contributed by atoms with Crippen LogP contribution in [-0.4, -0.2) is 27.4 Å². The summed E-state index contributed by atoms with van der Waals surface area (Å²) in [4.78, 5) is 21.9. The standard InChI is InChI=1S/C19H16N4O2S/c1-25-15-7-5-13(6-8-15)16-11-23-14(12-26-19(23)21-16)10-18(24)22-17-4-2-3-9-20-17/h2-9,11-12H,10H2,1H3,(H,20,22,24). The van der Waals surface area contributed by atoms with E-state index in [4.69, 9.17) is 4.74 Å². The molecule has 4 aromatic rings. The van der Waals surface area contributed by atoms with Crippen LogP contribution in [0.1, 0.15) is 5.69 Å². The molecule has 6 nitrogen and oxygen atoms in total. The lowest BCUT2D eigenvalue weighted by Gasteiger charge is -2.03. The Labute approximate surface area is 154 Å². The lowest BCUT2D eigenvalue weighted by molar-refractivity contribution is -0.115. The van der Waals surface area contributed by atoms with Gasteiger partial charge in [0.1, 0.15) is 11.6 Å². The first-order valence-electron chi connectivity index (χ1n) is 8.04. The summed E-state index contributed by atoms with van der Waals surface area (Å²) in [6.45, 7) is 0. The number of fused-ring (bicyclic) bond motifs is 1. The molecule has 130 valence electrons. The number of aromatic nitrogens is 3. The number of nitrogens with one attached hydrogen (secondary N) is 1. The number of thiazole rings is 1. The summed E-state index contributed by atoms with van der Waals surface area (Å²) in [5.41, 5.74) is 2.77. The molecular weight excluding hydrogens is 348 g/mol. The first-order valence-corrected chi connectivity index (χ1v) is 8.91. The van der Waals surface area contributed by atoms with E-state index in [-0.39, 0.29) is 12.3 Å². The summed E-state index contributed by atoms with van der Waals surface area (Å²) in [5.74, 6) is 1.25. The molecule has 1 aromatic carbocycles. The SMILES string of the molecule is COc1ccc(-c2cn3c(CC(=O)Nc4ccccn4)csc3n2)cc1. The van der Waals surface area contributed by atoms with E-state index in [0.29, 0.717) is 5.82 Å². The topological polar surface area (TPSA) is 68.5 Å². The van der Waals surface area contributed by atoms with Crippen LogP contribution in [0.3, 0.4) is 0 Å². The monoisotopic (exact) mass is 364 g/mol. The largest absolute Gasteiger partial charge is 0.497 e. The summed E-state index contributed by atoms with van der Waals surface area (Å²) in [6, 6.07) is 13.2. The minimum Gasteiger partial charge on any atom is -0.497 e. The van der Waals surface area contributed by atoms with E-state index in [0.717, 1.165) is 27.7 Å². The van der Waals surface area contributed by atoms with Gasteiger partial charge in [-0.05, 0) is 36.4 Å². The van der Waals surface area contributed by atoms with E-state index in [9.17, 15) is 4.79 Å². The Morgan fingerprint density at radius 3 is 2.81 bits per heavy atom. The zero-order valence-electron chi connectivity index (χ0n) is 14.0. The maximum atomic E-state index is 12.3. The van der Waals surface area contributed by atoms with E-state index in [1.165, 1.54) is 11.3 Å². The van der Waals surface area contributed by atoms with Gasteiger partial charge in [0.2, 0.25) is 5.91 Å². The Hall–Kier alpha value is -3.19. The van der Waals surface area contributed by atoms with Crippen LogP contribution in [0.4, 0.5) is 5.82 Å². The average molecular weight is 364 g/mol. The van der Waals surface area contributed by atoms with Crippen LogP contribution >= 0.6 is 11.3 Å². The summed E-state index contributed by atoms with van der Waals surface area (Å²) in [7, 11) is 1.64. The highest BCUT2D eigenvalue weighted by Gasteiger charge is 2.13. The third-order valence-corrected chi connectivity index (χ3v) is 4.83. The van der Waals surface area contributed by atoms with Crippen LogP contribution in [0.15, 0.2) is 60.2 Å². The van der Waals surface area contributed by atoms with Gasteiger partial charge in [-0.15, -0.1) is 11.3 Å². The second-order valence-electron chi connectivity index (χ2n) is 5.67. The van der Waals surface area contributed by atoms with Crippen molar-refractivity contribution in [1.82, 2.24) is 14.4 Å². The number of hydrogen-bond acceptors (Lipinski definition) is 5. The number of imidazole rings is 1. The molecule has 3 heterocycles. The summed E-state index contributed by atoms with van der Waals surface area (Å²) >= 11 is 1.52.